The number of hydrogen-bond acceptors (Lipinski definition) is 4. The second kappa shape index (κ2) is 6.62. The van der Waals surface area contributed by atoms with Gasteiger partial charge in [-0.25, -0.2) is 0 Å². The fourth-order valence-electron chi connectivity index (χ4n) is 2.54. The van der Waals surface area contributed by atoms with Gasteiger partial charge in [0.25, 0.3) is 0 Å². The molecular formula is C13H22O4. The molecule has 1 rings (SSSR count). The summed E-state index contributed by atoms with van der Waals surface area (Å²) in [5, 5.41) is 0. The molecule has 0 bridgehead atoms. The third-order valence-electron chi connectivity index (χ3n) is 3.55. The Morgan fingerprint density at radius 3 is 2.24 bits per heavy atom. The molecule has 4 heteroatoms. The number of carbonyl (C=O) groups excluding carboxylic acids is 2. The Bertz CT molecular complexity index is 275. The van der Waals surface area contributed by atoms with Crippen LogP contribution in [0.1, 0.15) is 40.0 Å². The van der Waals surface area contributed by atoms with Crippen molar-refractivity contribution in [3.8, 4) is 0 Å². The van der Waals surface area contributed by atoms with Crippen LogP contribution in [0.15, 0.2) is 0 Å². The normalized spacial score (nSPS) is 28.5. The third-order valence-corrected chi connectivity index (χ3v) is 3.55. The molecule has 0 radical (unpaired) electrons. The summed E-state index contributed by atoms with van der Waals surface area (Å²) in [6, 6.07) is 0. The van der Waals surface area contributed by atoms with Gasteiger partial charge >= 0.3 is 11.9 Å². The Morgan fingerprint density at radius 1 is 1.06 bits per heavy atom. The van der Waals surface area contributed by atoms with Gasteiger partial charge in [0.15, 0.2) is 0 Å². The molecule has 0 aromatic carbocycles. The molecule has 0 unspecified atom stereocenters. The van der Waals surface area contributed by atoms with Gasteiger partial charge in [0.1, 0.15) is 0 Å². The SMILES string of the molecule is CC(=O)OC[C@@H]1CCC[C@H](C)[C@H]1COC(C)=O. The summed E-state index contributed by atoms with van der Waals surface area (Å²) in [4.78, 5) is 21.7. The lowest BCUT2D eigenvalue weighted by atomic mass is 9.73. The van der Waals surface area contributed by atoms with Crippen LogP contribution in [-0.4, -0.2) is 25.2 Å². The zero-order valence-corrected chi connectivity index (χ0v) is 10.9. The average Bonchev–Trinajstić information content (AvgIpc) is 2.24. The van der Waals surface area contributed by atoms with Crippen LogP contribution in [0.25, 0.3) is 0 Å². The highest BCUT2D eigenvalue weighted by Crippen LogP contribution is 2.35. The summed E-state index contributed by atoms with van der Waals surface area (Å²) in [6.07, 6.45) is 3.36. The minimum atomic E-state index is -0.242. The predicted molar refractivity (Wildman–Crippen MR) is 63.3 cm³/mol. The van der Waals surface area contributed by atoms with E-state index in [1.807, 2.05) is 0 Å². The Balaban J connectivity index is 2.50. The lowest BCUT2D eigenvalue weighted by molar-refractivity contribution is -0.148. The van der Waals surface area contributed by atoms with Crippen LogP contribution in [-0.2, 0) is 19.1 Å². The van der Waals surface area contributed by atoms with Crippen molar-refractivity contribution in [2.45, 2.75) is 40.0 Å². The standard InChI is InChI=1S/C13H22O4/c1-9-5-4-6-12(7-16-10(2)14)13(9)8-17-11(3)15/h9,12-13H,4-8H2,1-3H3/t9-,12-,13+/m0/s1. The van der Waals surface area contributed by atoms with E-state index < -0.39 is 0 Å². The third kappa shape index (κ3) is 4.75. The molecule has 0 aromatic heterocycles. The topological polar surface area (TPSA) is 52.6 Å². The van der Waals surface area contributed by atoms with Crippen LogP contribution in [0.5, 0.6) is 0 Å². The van der Waals surface area contributed by atoms with E-state index in [1.54, 1.807) is 0 Å². The summed E-state index contributed by atoms with van der Waals surface area (Å²) in [5.41, 5.74) is 0. The van der Waals surface area contributed by atoms with E-state index in [4.69, 9.17) is 9.47 Å². The summed E-state index contributed by atoms with van der Waals surface area (Å²) in [6.45, 7) is 5.92. The summed E-state index contributed by atoms with van der Waals surface area (Å²) >= 11 is 0. The molecule has 0 heterocycles. The van der Waals surface area contributed by atoms with E-state index in [2.05, 4.69) is 6.92 Å². The van der Waals surface area contributed by atoms with Crippen LogP contribution < -0.4 is 0 Å². The molecule has 1 fully saturated rings. The highest BCUT2D eigenvalue weighted by Gasteiger charge is 2.32. The summed E-state index contributed by atoms with van der Waals surface area (Å²) in [5.74, 6) is 0.668. The van der Waals surface area contributed by atoms with Crippen LogP contribution >= 0.6 is 0 Å². The fraction of sp³-hybridized carbons (Fsp3) is 0.846. The van der Waals surface area contributed by atoms with Crippen LogP contribution in [0.4, 0.5) is 0 Å². The molecule has 17 heavy (non-hydrogen) atoms. The molecule has 1 aliphatic rings. The van der Waals surface area contributed by atoms with Crippen molar-refractivity contribution in [1.82, 2.24) is 0 Å². The largest absolute Gasteiger partial charge is 0.466 e. The first-order valence-electron chi connectivity index (χ1n) is 6.27. The van der Waals surface area contributed by atoms with Gasteiger partial charge in [-0.1, -0.05) is 19.8 Å². The smallest absolute Gasteiger partial charge is 0.302 e. The van der Waals surface area contributed by atoms with Crippen molar-refractivity contribution < 1.29 is 19.1 Å². The van der Waals surface area contributed by atoms with E-state index in [9.17, 15) is 9.59 Å². The molecule has 4 nitrogen and oxygen atoms in total. The fourth-order valence-corrected chi connectivity index (χ4v) is 2.54. The van der Waals surface area contributed by atoms with Crippen LogP contribution in [0, 0.1) is 17.8 Å². The maximum Gasteiger partial charge on any atom is 0.302 e. The van der Waals surface area contributed by atoms with Gasteiger partial charge in [0.05, 0.1) is 13.2 Å². The monoisotopic (exact) mass is 242 g/mol. The maximum absolute atomic E-state index is 10.9. The van der Waals surface area contributed by atoms with Gasteiger partial charge in [0.2, 0.25) is 0 Å². The Labute approximate surface area is 103 Å². The Morgan fingerprint density at radius 2 is 1.65 bits per heavy atom. The molecule has 0 spiro atoms. The molecule has 0 aromatic rings. The molecule has 0 N–H and O–H groups in total. The second-order valence-electron chi connectivity index (χ2n) is 4.94. The van der Waals surface area contributed by atoms with Crippen LogP contribution in [0.2, 0.25) is 0 Å². The van der Waals surface area contributed by atoms with Gasteiger partial charge in [-0.3, -0.25) is 9.59 Å². The van der Waals surface area contributed by atoms with Gasteiger partial charge in [-0.2, -0.15) is 0 Å². The lowest BCUT2D eigenvalue weighted by Gasteiger charge is -2.35. The molecule has 98 valence electrons. The molecule has 0 saturated heterocycles. The molecule has 0 aliphatic heterocycles. The number of hydrogen-bond donors (Lipinski definition) is 0. The van der Waals surface area contributed by atoms with Crippen molar-refractivity contribution in [3.05, 3.63) is 0 Å². The van der Waals surface area contributed by atoms with E-state index in [-0.39, 0.29) is 11.9 Å². The summed E-state index contributed by atoms with van der Waals surface area (Å²) < 4.78 is 10.2. The summed E-state index contributed by atoms with van der Waals surface area (Å²) in [7, 11) is 0. The second-order valence-corrected chi connectivity index (χ2v) is 4.94. The van der Waals surface area contributed by atoms with Crippen molar-refractivity contribution in [2.75, 3.05) is 13.2 Å². The molecular weight excluding hydrogens is 220 g/mol. The first-order valence-corrected chi connectivity index (χ1v) is 6.27. The maximum atomic E-state index is 10.9. The number of carbonyl (C=O) groups is 2. The van der Waals surface area contributed by atoms with Crippen molar-refractivity contribution in [1.29, 1.82) is 0 Å². The minimum absolute atomic E-state index is 0.241. The quantitative estimate of drug-likeness (QED) is 0.709. The average molecular weight is 242 g/mol. The van der Waals surface area contributed by atoms with E-state index in [0.717, 1.165) is 19.3 Å². The first kappa shape index (κ1) is 14.0. The lowest BCUT2D eigenvalue weighted by Crippen LogP contribution is -2.34. The van der Waals surface area contributed by atoms with Crippen molar-refractivity contribution in [3.63, 3.8) is 0 Å². The van der Waals surface area contributed by atoms with Gasteiger partial charge in [-0.05, 0) is 18.3 Å². The predicted octanol–water partition coefficient (Wildman–Crippen LogP) is 2.17. The van der Waals surface area contributed by atoms with Gasteiger partial charge < -0.3 is 9.47 Å². The van der Waals surface area contributed by atoms with E-state index in [0.29, 0.717) is 31.0 Å². The zero-order valence-electron chi connectivity index (χ0n) is 10.9. The zero-order chi connectivity index (χ0) is 12.8. The molecule has 1 saturated carbocycles. The Hall–Kier alpha value is -1.06. The van der Waals surface area contributed by atoms with Crippen LogP contribution in [0.3, 0.4) is 0 Å². The number of esters is 2. The minimum Gasteiger partial charge on any atom is -0.466 e. The number of rotatable bonds is 4. The van der Waals surface area contributed by atoms with E-state index >= 15 is 0 Å². The van der Waals surface area contributed by atoms with Crippen molar-refractivity contribution >= 4 is 11.9 Å². The molecule has 3 atom stereocenters. The van der Waals surface area contributed by atoms with Gasteiger partial charge in [-0.15, -0.1) is 0 Å². The van der Waals surface area contributed by atoms with E-state index in [1.165, 1.54) is 13.8 Å². The van der Waals surface area contributed by atoms with Crippen molar-refractivity contribution in [2.24, 2.45) is 17.8 Å². The number of ether oxygens (including phenoxy) is 2. The molecule has 0 amide bonds. The first-order chi connectivity index (χ1) is 8.00. The Kier molecular flexibility index (Phi) is 5.45. The highest BCUT2D eigenvalue weighted by molar-refractivity contribution is 5.66. The van der Waals surface area contributed by atoms with Gasteiger partial charge in [0, 0.05) is 19.8 Å². The molecule has 1 aliphatic carbocycles. The highest BCUT2D eigenvalue weighted by atomic mass is 16.5.